The van der Waals surface area contributed by atoms with Gasteiger partial charge >= 0.3 is 0 Å². The molecule has 1 unspecified atom stereocenters. The van der Waals surface area contributed by atoms with Gasteiger partial charge in [0.25, 0.3) is 0 Å². The summed E-state index contributed by atoms with van der Waals surface area (Å²) in [6.07, 6.45) is 10.2. The fraction of sp³-hybridized carbons (Fsp3) is 0.667. The van der Waals surface area contributed by atoms with Gasteiger partial charge in [-0.2, -0.15) is 0 Å². The van der Waals surface area contributed by atoms with E-state index < -0.39 is 0 Å². The highest BCUT2D eigenvalue weighted by Gasteiger charge is 2.39. The van der Waals surface area contributed by atoms with Crippen LogP contribution in [0.25, 0.3) is 0 Å². The molecule has 2 heterocycles. The maximum atomic E-state index is 6.08. The minimum Gasteiger partial charge on any atom is -0.489 e. The Morgan fingerprint density at radius 2 is 2.11 bits per heavy atom. The molecule has 1 aliphatic heterocycles. The first-order chi connectivity index (χ1) is 9.26. The van der Waals surface area contributed by atoms with E-state index in [0.717, 1.165) is 25.2 Å². The molecule has 0 amide bonds. The fourth-order valence-electron chi connectivity index (χ4n) is 3.25. The Hall–Kier alpha value is -0.800. The average Bonchev–Trinajstić information content (AvgIpc) is 2.42. The second-order valence-electron chi connectivity index (χ2n) is 5.64. The van der Waals surface area contributed by atoms with Crippen LogP contribution in [0.2, 0.25) is 5.15 Å². The molecule has 1 spiro atoms. The lowest BCUT2D eigenvalue weighted by molar-refractivity contribution is -0.129. The molecule has 2 aliphatic rings. The molecule has 104 valence electrons. The Labute approximate surface area is 119 Å². The fourth-order valence-corrected chi connectivity index (χ4v) is 3.36. The van der Waals surface area contributed by atoms with Crippen molar-refractivity contribution in [3.05, 3.63) is 23.5 Å². The van der Waals surface area contributed by atoms with Crippen LogP contribution in [0.1, 0.15) is 44.9 Å². The molecule has 0 bridgehead atoms. The number of rotatable bonds is 2. The number of hydrogen-bond acceptors (Lipinski definition) is 3. The molecule has 2 fully saturated rings. The zero-order valence-electron chi connectivity index (χ0n) is 11.1. The van der Waals surface area contributed by atoms with Gasteiger partial charge in [-0.3, -0.25) is 0 Å². The minimum atomic E-state index is 0.0843. The van der Waals surface area contributed by atoms with E-state index in [1.54, 1.807) is 12.3 Å². The number of ether oxygens (including phenoxy) is 2. The van der Waals surface area contributed by atoms with Crippen LogP contribution < -0.4 is 4.74 Å². The van der Waals surface area contributed by atoms with Crippen LogP contribution in [0.4, 0.5) is 0 Å². The van der Waals surface area contributed by atoms with Crippen LogP contribution in [-0.4, -0.2) is 23.3 Å². The van der Waals surface area contributed by atoms with E-state index in [-0.39, 0.29) is 11.7 Å². The second kappa shape index (κ2) is 5.68. The summed E-state index contributed by atoms with van der Waals surface area (Å²) < 4.78 is 12.1. The van der Waals surface area contributed by atoms with E-state index >= 15 is 0 Å². The topological polar surface area (TPSA) is 31.4 Å². The molecule has 1 saturated heterocycles. The molecule has 1 aromatic rings. The van der Waals surface area contributed by atoms with Crippen molar-refractivity contribution in [1.29, 1.82) is 0 Å². The van der Waals surface area contributed by atoms with Crippen molar-refractivity contribution >= 4 is 11.6 Å². The molecule has 3 nitrogen and oxygen atoms in total. The van der Waals surface area contributed by atoms with Gasteiger partial charge in [-0.1, -0.05) is 30.9 Å². The Kier molecular flexibility index (Phi) is 3.94. The number of halogens is 1. The summed E-state index contributed by atoms with van der Waals surface area (Å²) in [4.78, 5) is 4.06. The summed E-state index contributed by atoms with van der Waals surface area (Å²) in [7, 11) is 0. The maximum absolute atomic E-state index is 6.08. The predicted molar refractivity (Wildman–Crippen MR) is 74.7 cm³/mol. The monoisotopic (exact) mass is 281 g/mol. The Morgan fingerprint density at radius 1 is 1.26 bits per heavy atom. The average molecular weight is 282 g/mol. The summed E-state index contributed by atoms with van der Waals surface area (Å²) in [5, 5.41) is 0.503. The summed E-state index contributed by atoms with van der Waals surface area (Å²) in [6.45, 7) is 0.811. The molecule has 1 aromatic heterocycles. The van der Waals surface area contributed by atoms with E-state index in [0.29, 0.717) is 5.15 Å². The van der Waals surface area contributed by atoms with Crippen LogP contribution in [-0.2, 0) is 4.74 Å². The lowest BCUT2D eigenvalue weighted by Crippen LogP contribution is -2.45. The number of hydrogen-bond donors (Lipinski definition) is 0. The van der Waals surface area contributed by atoms with Crippen molar-refractivity contribution in [3.63, 3.8) is 0 Å². The SMILES string of the molecule is Clc1ccc(OC2CCOC3(CCCCC3)C2)cn1. The van der Waals surface area contributed by atoms with E-state index in [1.807, 2.05) is 6.07 Å². The van der Waals surface area contributed by atoms with E-state index in [4.69, 9.17) is 21.1 Å². The van der Waals surface area contributed by atoms with Crippen LogP contribution in [0.5, 0.6) is 5.75 Å². The molecule has 0 N–H and O–H groups in total. The minimum absolute atomic E-state index is 0.0843. The predicted octanol–water partition coefficient (Wildman–Crippen LogP) is 4.00. The highest BCUT2D eigenvalue weighted by molar-refractivity contribution is 6.29. The number of aromatic nitrogens is 1. The van der Waals surface area contributed by atoms with Gasteiger partial charge in [0.2, 0.25) is 0 Å². The molecule has 1 atom stereocenters. The van der Waals surface area contributed by atoms with Crippen LogP contribution >= 0.6 is 11.6 Å². The normalized spacial score (nSPS) is 26.3. The van der Waals surface area contributed by atoms with Crippen LogP contribution in [0.3, 0.4) is 0 Å². The summed E-state index contributed by atoms with van der Waals surface area (Å²) in [5.41, 5.74) is 0.0843. The maximum Gasteiger partial charge on any atom is 0.138 e. The first kappa shape index (κ1) is 13.2. The van der Waals surface area contributed by atoms with Crippen molar-refractivity contribution in [2.45, 2.75) is 56.7 Å². The quantitative estimate of drug-likeness (QED) is 0.768. The van der Waals surface area contributed by atoms with Gasteiger partial charge in [0.05, 0.1) is 18.4 Å². The third-order valence-electron chi connectivity index (χ3n) is 4.22. The summed E-state index contributed by atoms with van der Waals surface area (Å²) >= 11 is 5.78. The van der Waals surface area contributed by atoms with E-state index in [9.17, 15) is 0 Å². The van der Waals surface area contributed by atoms with Gasteiger partial charge in [0.1, 0.15) is 17.0 Å². The first-order valence-electron chi connectivity index (χ1n) is 7.18. The highest BCUT2D eigenvalue weighted by Crippen LogP contribution is 2.39. The largest absolute Gasteiger partial charge is 0.489 e. The Morgan fingerprint density at radius 3 is 2.84 bits per heavy atom. The van der Waals surface area contributed by atoms with Gasteiger partial charge in [-0.25, -0.2) is 4.98 Å². The van der Waals surface area contributed by atoms with Crippen LogP contribution in [0.15, 0.2) is 18.3 Å². The van der Waals surface area contributed by atoms with Gasteiger partial charge in [-0.05, 0) is 25.0 Å². The lowest BCUT2D eigenvalue weighted by atomic mass is 9.79. The molecule has 4 heteroatoms. The van der Waals surface area contributed by atoms with Crippen molar-refractivity contribution in [1.82, 2.24) is 4.98 Å². The first-order valence-corrected chi connectivity index (χ1v) is 7.56. The van der Waals surface area contributed by atoms with Gasteiger partial charge in [-0.15, -0.1) is 0 Å². The Bertz CT molecular complexity index is 409. The number of nitrogens with zero attached hydrogens (tertiary/aromatic N) is 1. The smallest absolute Gasteiger partial charge is 0.138 e. The molecule has 3 rings (SSSR count). The standard InChI is InChI=1S/C15H20ClNO2/c16-14-5-4-13(11-17-14)19-12-6-9-18-15(10-12)7-2-1-3-8-15/h4-5,11-12H,1-3,6-10H2. The van der Waals surface area contributed by atoms with Crippen LogP contribution in [0, 0.1) is 0 Å². The zero-order valence-corrected chi connectivity index (χ0v) is 11.9. The molecular formula is C15H20ClNO2. The number of pyridine rings is 1. The third kappa shape index (κ3) is 3.21. The molecule has 19 heavy (non-hydrogen) atoms. The summed E-state index contributed by atoms with van der Waals surface area (Å²) in [5.74, 6) is 0.808. The lowest BCUT2D eigenvalue weighted by Gasteiger charge is -2.43. The van der Waals surface area contributed by atoms with Crippen molar-refractivity contribution in [2.75, 3.05) is 6.61 Å². The van der Waals surface area contributed by atoms with Gasteiger partial charge in [0, 0.05) is 12.8 Å². The Balaban J connectivity index is 1.63. The highest BCUT2D eigenvalue weighted by atomic mass is 35.5. The molecule has 0 radical (unpaired) electrons. The van der Waals surface area contributed by atoms with E-state index in [2.05, 4.69) is 4.98 Å². The third-order valence-corrected chi connectivity index (χ3v) is 4.44. The summed E-state index contributed by atoms with van der Waals surface area (Å²) in [6, 6.07) is 3.66. The molecule has 1 aliphatic carbocycles. The molecule has 1 saturated carbocycles. The molecule has 0 aromatic carbocycles. The van der Waals surface area contributed by atoms with Crippen molar-refractivity contribution in [3.8, 4) is 5.75 Å². The second-order valence-corrected chi connectivity index (χ2v) is 6.03. The van der Waals surface area contributed by atoms with E-state index in [1.165, 1.54) is 32.1 Å². The van der Waals surface area contributed by atoms with Gasteiger partial charge in [0.15, 0.2) is 0 Å². The molecular weight excluding hydrogens is 262 g/mol. The van der Waals surface area contributed by atoms with Crippen molar-refractivity contribution < 1.29 is 9.47 Å². The van der Waals surface area contributed by atoms with Crippen molar-refractivity contribution in [2.24, 2.45) is 0 Å². The van der Waals surface area contributed by atoms with Gasteiger partial charge < -0.3 is 9.47 Å². The zero-order chi connectivity index (χ0) is 13.1.